The van der Waals surface area contributed by atoms with E-state index in [1.54, 1.807) is 0 Å². The van der Waals surface area contributed by atoms with Crippen LogP contribution in [0, 0.1) is 0 Å². The highest BCUT2D eigenvalue weighted by molar-refractivity contribution is 8.11. The number of halogens is 1. The first-order valence-electron chi connectivity index (χ1n) is 3.77. The van der Waals surface area contributed by atoms with Crippen LogP contribution in [0.2, 0.25) is 0 Å². The van der Waals surface area contributed by atoms with Crippen molar-refractivity contribution < 1.29 is 8.42 Å². The molecule has 1 atom stereocenters. The lowest BCUT2D eigenvalue weighted by Crippen LogP contribution is -2.31. The van der Waals surface area contributed by atoms with Crippen molar-refractivity contribution in [2.24, 2.45) is 0 Å². The van der Waals surface area contributed by atoms with E-state index in [0.29, 0.717) is 6.54 Å². The maximum atomic E-state index is 10.9. The minimum absolute atomic E-state index is 0.137. The van der Waals surface area contributed by atoms with Crippen LogP contribution in [0.1, 0.15) is 26.2 Å². The fourth-order valence-corrected chi connectivity index (χ4v) is 3.01. The second-order valence-electron chi connectivity index (χ2n) is 2.76. The summed E-state index contributed by atoms with van der Waals surface area (Å²) in [5, 5.41) is 0. The Morgan fingerprint density at radius 1 is 1.64 bits per heavy atom. The molecule has 1 aliphatic heterocycles. The van der Waals surface area contributed by atoms with Crippen molar-refractivity contribution in [3.8, 4) is 0 Å². The van der Waals surface area contributed by atoms with Crippen LogP contribution in [0.15, 0.2) is 0 Å². The van der Waals surface area contributed by atoms with Gasteiger partial charge in [0.1, 0.15) is 0 Å². The lowest BCUT2D eigenvalue weighted by atomic mass is 10.2. The third-order valence-corrected chi connectivity index (χ3v) is 3.65. The maximum Gasteiger partial charge on any atom is 0.300 e. The van der Waals surface area contributed by atoms with Gasteiger partial charge in [-0.15, -0.1) is 0 Å². The standard InChI is InChI=1S/C6H12ClNO2S/c1-2-6-4-3-5-8(6)11(7,9)10/h6H,2-5H2,1H3. The van der Waals surface area contributed by atoms with Crippen molar-refractivity contribution in [3.05, 3.63) is 0 Å². The molecule has 1 aliphatic rings. The van der Waals surface area contributed by atoms with Gasteiger partial charge in [-0.25, -0.2) is 0 Å². The monoisotopic (exact) mass is 197 g/mol. The Morgan fingerprint density at radius 3 is 2.64 bits per heavy atom. The molecule has 0 aromatic carbocycles. The van der Waals surface area contributed by atoms with Crippen LogP contribution in [-0.2, 0) is 9.24 Å². The summed E-state index contributed by atoms with van der Waals surface area (Å²) in [6, 6.07) is 0.137. The molecule has 0 aliphatic carbocycles. The van der Waals surface area contributed by atoms with Gasteiger partial charge in [0.15, 0.2) is 0 Å². The lowest BCUT2D eigenvalue weighted by molar-refractivity contribution is 0.388. The minimum atomic E-state index is -3.46. The van der Waals surface area contributed by atoms with Crippen LogP contribution in [-0.4, -0.2) is 25.3 Å². The Kier molecular flexibility index (Phi) is 2.78. The van der Waals surface area contributed by atoms with Crippen LogP contribution < -0.4 is 0 Å². The van der Waals surface area contributed by atoms with Gasteiger partial charge in [-0.2, -0.15) is 12.7 Å². The first kappa shape index (κ1) is 9.29. The molecule has 0 aromatic rings. The van der Waals surface area contributed by atoms with Crippen molar-refractivity contribution in [1.29, 1.82) is 0 Å². The number of hydrogen-bond donors (Lipinski definition) is 0. The predicted molar refractivity (Wildman–Crippen MR) is 44.8 cm³/mol. The third-order valence-electron chi connectivity index (χ3n) is 2.07. The van der Waals surface area contributed by atoms with Gasteiger partial charge < -0.3 is 0 Å². The van der Waals surface area contributed by atoms with Crippen molar-refractivity contribution in [3.63, 3.8) is 0 Å². The van der Waals surface area contributed by atoms with Gasteiger partial charge in [0.25, 0.3) is 9.24 Å². The zero-order valence-corrected chi connectivity index (χ0v) is 8.03. The normalized spacial score (nSPS) is 27.6. The van der Waals surface area contributed by atoms with Gasteiger partial charge in [-0.05, 0) is 19.3 Å². The van der Waals surface area contributed by atoms with E-state index in [1.165, 1.54) is 4.31 Å². The highest BCUT2D eigenvalue weighted by Gasteiger charge is 2.31. The molecule has 11 heavy (non-hydrogen) atoms. The third kappa shape index (κ3) is 2.07. The summed E-state index contributed by atoms with van der Waals surface area (Å²) in [5.41, 5.74) is 0. The molecule has 0 saturated carbocycles. The summed E-state index contributed by atoms with van der Waals surface area (Å²) >= 11 is 0. The number of rotatable bonds is 2. The van der Waals surface area contributed by atoms with Crippen LogP contribution in [0.25, 0.3) is 0 Å². The van der Waals surface area contributed by atoms with Gasteiger partial charge in [0.2, 0.25) is 0 Å². The molecule has 5 heteroatoms. The van der Waals surface area contributed by atoms with Crippen LogP contribution in [0.4, 0.5) is 0 Å². The molecule has 1 heterocycles. The zero-order chi connectivity index (χ0) is 8.48. The summed E-state index contributed by atoms with van der Waals surface area (Å²) in [4.78, 5) is 0. The van der Waals surface area contributed by atoms with Crippen LogP contribution in [0.5, 0.6) is 0 Å². The quantitative estimate of drug-likeness (QED) is 0.627. The van der Waals surface area contributed by atoms with Crippen molar-refractivity contribution in [2.45, 2.75) is 32.2 Å². The summed E-state index contributed by atoms with van der Waals surface area (Å²) < 4.78 is 23.2. The van der Waals surface area contributed by atoms with Gasteiger partial charge in [-0.3, -0.25) is 0 Å². The predicted octanol–water partition coefficient (Wildman–Crippen LogP) is 1.34. The molecule has 0 radical (unpaired) electrons. The van der Waals surface area contributed by atoms with Crippen LogP contribution in [0.3, 0.4) is 0 Å². The molecule has 0 amide bonds. The molecule has 0 spiro atoms. The molecule has 3 nitrogen and oxygen atoms in total. The van der Waals surface area contributed by atoms with E-state index < -0.39 is 9.24 Å². The molecule has 0 aromatic heterocycles. The van der Waals surface area contributed by atoms with Gasteiger partial charge in [-0.1, -0.05) is 6.92 Å². The van der Waals surface area contributed by atoms with E-state index in [9.17, 15) is 8.42 Å². The number of nitrogens with zero attached hydrogens (tertiary/aromatic N) is 1. The van der Waals surface area contributed by atoms with E-state index in [0.717, 1.165) is 19.3 Å². The second-order valence-corrected chi connectivity index (χ2v) is 5.22. The van der Waals surface area contributed by atoms with E-state index in [1.807, 2.05) is 6.92 Å². The Labute approximate surface area is 71.9 Å². The fraction of sp³-hybridized carbons (Fsp3) is 1.00. The highest BCUT2D eigenvalue weighted by Crippen LogP contribution is 2.24. The van der Waals surface area contributed by atoms with E-state index in [2.05, 4.69) is 0 Å². The molecule has 0 bridgehead atoms. The SMILES string of the molecule is CCC1CCCN1S(=O)(=O)Cl. The lowest BCUT2D eigenvalue weighted by Gasteiger charge is -2.18. The molecular weight excluding hydrogens is 186 g/mol. The van der Waals surface area contributed by atoms with Gasteiger partial charge >= 0.3 is 0 Å². The molecule has 1 unspecified atom stereocenters. The average Bonchev–Trinajstić information content (AvgIpc) is 2.31. The Balaban J connectivity index is 2.72. The van der Waals surface area contributed by atoms with Crippen LogP contribution >= 0.6 is 10.7 Å². The largest absolute Gasteiger partial charge is 0.300 e. The van der Waals surface area contributed by atoms with E-state index in [-0.39, 0.29) is 6.04 Å². The molecule has 1 saturated heterocycles. The summed E-state index contributed by atoms with van der Waals surface area (Å²) in [6.45, 7) is 2.56. The Hall–Kier alpha value is 0.200. The summed E-state index contributed by atoms with van der Waals surface area (Å²) in [7, 11) is 1.75. The first-order valence-corrected chi connectivity index (χ1v) is 6.03. The molecule has 1 rings (SSSR count). The fourth-order valence-electron chi connectivity index (χ4n) is 1.50. The van der Waals surface area contributed by atoms with Crippen molar-refractivity contribution in [1.82, 2.24) is 4.31 Å². The second kappa shape index (κ2) is 3.29. The Bertz CT molecular complexity index is 227. The van der Waals surface area contributed by atoms with Gasteiger partial charge in [0, 0.05) is 23.3 Å². The number of hydrogen-bond acceptors (Lipinski definition) is 2. The highest BCUT2D eigenvalue weighted by atomic mass is 35.7. The minimum Gasteiger partial charge on any atom is -0.195 e. The smallest absolute Gasteiger partial charge is 0.195 e. The van der Waals surface area contributed by atoms with Gasteiger partial charge in [0.05, 0.1) is 0 Å². The average molecular weight is 198 g/mol. The molecule has 1 fully saturated rings. The molecular formula is C6H12ClNO2S. The van der Waals surface area contributed by atoms with E-state index in [4.69, 9.17) is 10.7 Å². The van der Waals surface area contributed by atoms with Crippen molar-refractivity contribution in [2.75, 3.05) is 6.54 Å². The van der Waals surface area contributed by atoms with Crippen molar-refractivity contribution >= 4 is 19.9 Å². The van der Waals surface area contributed by atoms with E-state index >= 15 is 0 Å². The zero-order valence-electron chi connectivity index (χ0n) is 6.46. The molecule has 0 N–H and O–H groups in total. The first-order chi connectivity index (χ1) is 5.05. The Morgan fingerprint density at radius 2 is 2.27 bits per heavy atom. The maximum absolute atomic E-state index is 10.9. The molecule has 66 valence electrons. The topological polar surface area (TPSA) is 37.4 Å². The summed E-state index contributed by atoms with van der Waals surface area (Å²) in [5.74, 6) is 0. The summed E-state index contributed by atoms with van der Waals surface area (Å²) in [6.07, 6.45) is 2.73.